The van der Waals surface area contributed by atoms with E-state index in [2.05, 4.69) is 10.6 Å². The van der Waals surface area contributed by atoms with Crippen LogP contribution < -0.4 is 21.3 Å². The number of ketones is 2. The van der Waals surface area contributed by atoms with Gasteiger partial charge in [0.1, 0.15) is 41.3 Å². The molecule has 0 aromatic heterocycles. The van der Waals surface area contributed by atoms with E-state index in [9.17, 15) is 57.8 Å². The number of fused-ring (bicyclic) bond motifs is 5. The number of urea groups is 1. The number of nitrogens with two attached hydrogens (primary N) is 1. The molecule has 3 fully saturated rings. The number of halogens is 1. The highest BCUT2D eigenvalue weighted by molar-refractivity contribution is 6.34. The Bertz CT molecular complexity index is 3000. The van der Waals surface area contributed by atoms with Crippen molar-refractivity contribution in [3.8, 4) is 0 Å². The smallest absolute Gasteiger partial charge is 0.333 e. The number of imide groups is 1. The number of hydrogen-bond donors (Lipinski definition) is 4. The first-order chi connectivity index (χ1) is 41.0. The van der Waals surface area contributed by atoms with E-state index < -0.39 is 119 Å². The monoisotopic (exact) mass is 1230 g/mol. The molecule has 0 radical (unpaired) electrons. The summed E-state index contributed by atoms with van der Waals surface area (Å²) in [6.45, 7) is 12.4. The van der Waals surface area contributed by atoms with Gasteiger partial charge in [-0.15, -0.1) is 5.06 Å². The number of amides is 7. The van der Waals surface area contributed by atoms with Gasteiger partial charge in [0.2, 0.25) is 11.8 Å². The highest BCUT2D eigenvalue weighted by atomic mass is 35.5. The third-order valence-corrected chi connectivity index (χ3v) is 17.3. The molecule has 2 aromatic rings. The number of likely N-dealkylation sites (N-methyl/N-ethyl adjacent to an activating group) is 1. The van der Waals surface area contributed by atoms with Crippen LogP contribution in [0.15, 0.2) is 60.2 Å². The number of carbonyl (C=O) groups excluding carboxylic acids is 11. The van der Waals surface area contributed by atoms with E-state index in [-0.39, 0.29) is 107 Å². The zero-order valence-electron chi connectivity index (χ0n) is 51.3. The Labute approximate surface area is 512 Å². The van der Waals surface area contributed by atoms with E-state index in [1.165, 1.54) is 43.0 Å². The summed E-state index contributed by atoms with van der Waals surface area (Å²) in [7, 11) is 4.43. The molecule has 2 aromatic carbocycles. The van der Waals surface area contributed by atoms with Crippen LogP contribution in [0.2, 0.25) is 5.02 Å². The lowest BCUT2D eigenvalue weighted by atomic mass is 9.78. The lowest BCUT2D eigenvalue weighted by Gasteiger charge is -2.41. The number of carbonyl (C=O) groups is 11. The molecule has 0 spiro atoms. The van der Waals surface area contributed by atoms with Crippen molar-refractivity contribution < 1.29 is 81.6 Å². The number of hydroxylamine groups is 2. The molecule has 3 saturated heterocycles. The van der Waals surface area contributed by atoms with Crippen LogP contribution in [0.4, 0.5) is 10.5 Å². The molecule has 87 heavy (non-hydrogen) atoms. The highest BCUT2D eigenvalue weighted by Crippen LogP contribution is 2.50. The Kier molecular flexibility index (Phi) is 23.7. The molecule has 5 N–H and O–H groups in total. The van der Waals surface area contributed by atoms with E-state index in [4.69, 9.17) is 41.1 Å². The van der Waals surface area contributed by atoms with Gasteiger partial charge < -0.3 is 55.1 Å². The van der Waals surface area contributed by atoms with E-state index in [0.717, 1.165) is 16.7 Å². The summed E-state index contributed by atoms with van der Waals surface area (Å²) >= 11 is 6.86. The molecule has 23 nitrogen and oxygen atoms in total. The standard InChI is InChI=1S/C63H83ClN6O17/c1-35(2)44(31-43(71)16-11-12-19-54(76)87-70-51(73)24-25-52(70)74)58(78)67-45(17-14-26-66-61(65)81)47(72)30-40-20-22-42(23-21-40)59(79)68(8)39(6)60(80)85-50-32-53(75)69(9)46-29-41(28-37(4)56(46)64)27-36(3)15-13-18-49(83-10)63(82)33-48(84-55(77)34-63)38(5)57-62(50,7)86-57/h13,15,18,20-23,28-29,35,38-39,44-45,48-50,57,82H,11-12,14,16-17,19,24-27,30-34H2,1-10H3,(H,67,78)(H3,65,66,81)/b18-13+,36-15+/t38-,39+,44+,45+,48+,49-,50+,57+,62+,63-/m1/s1. The number of aryl methyl sites for hydroxylation is 1. The van der Waals surface area contributed by atoms with Crippen molar-refractivity contribution in [2.75, 3.05) is 32.6 Å². The van der Waals surface area contributed by atoms with Crippen LogP contribution in [0.3, 0.4) is 0 Å². The number of nitrogens with one attached hydrogen (secondary N) is 2. The van der Waals surface area contributed by atoms with Gasteiger partial charge in [-0.25, -0.2) is 14.4 Å². The average Bonchev–Trinajstić information content (AvgIpc) is 2.26. The highest BCUT2D eigenvalue weighted by Gasteiger charge is 2.64. The van der Waals surface area contributed by atoms with Crippen molar-refractivity contribution in [3.05, 3.63) is 87.5 Å². The molecular weight excluding hydrogens is 1150 g/mol. The number of nitrogens with zero attached hydrogens (tertiary/aromatic N) is 3. The van der Waals surface area contributed by atoms with E-state index >= 15 is 0 Å². The lowest BCUT2D eigenvalue weighted by Crippen LogP contribution is -2.53. The summed E-state index contributed by atoms with van der Waals surface area (Å²) in [5, 5.41) is 18.1. The normalized spacial score (nSPS) is 25.2. The molecule has 4 aliphatic rings. The minimum atomic E-state index is -1.65. The van der Waals surface area contributed by atoms with Crippen molar-refractivity contribution in [3.63, 3.8) is 0 Å². The molecule has 474 valence electrons. The number of primary amides is 1. The van der Waals surface area contributed by atoms with Crippen LogP contribution in [0.5, 0.6) is 0 Å². The summed E-state index contributed by atoms with van der Waals surface area (Å²) in [6.07, 6.45) is 1.71. The van der Waals surface area contributed by atoms with E-state index in [1.807, 2.05) is 32.1 Å². The zero-order chi connectivity index (χ0) is 64.2. The molecular formula is C63H83ClN6O17. The molecule has 4 heterocycles. The molecule has 0 aliphatic carbocycles. The van der Waals surface area contributed by atoms with Crippen molar-refractivity contribution in [2.45, 2.75) is 186 Å². The number of anilines is 1. The molecule has 6 rings (SSSR count). The van der Waals surface area contributed by atoms with Gasteiger partial charge in [-0.2, -0.15) is 0 Å². The summed E-state index contributed by atoms with van der Waals surface area (Å²) in [6, 6.07) is 6.79. The summed E-state index contributed by atoms with van der Waals surface area (Å²) in [4.78, 5) is 152. The van der Waals surface area contributed by atoms with Gasteiger partial charge in [-0.1, -0.05) is 74.4 Å². The van der Waals surface area contributed by atoms with Crippen LogP contribution >= 0.6 is 11.6 Å². The van der Waals surface area contributed by atoms with Crippen LogP contribution in [0.1, 0.15) is 146 Å². The molecule has 4 bridgehead atoms. The molecule has 10 atom stereocenters. The van der Waals surface area contributed by atoms with Gasteiger partial charge in [-0.3, -0.25) is 38.4 Å². The molecule has 0 saturated carbocycles. The number of methoxy groups -OCH3 is 1. The number of Topliss-reactive ketones (excluding diaryl/α,β-unsaturated/α-hetero) is 2. The predicted molar refractivity (Wildman–Crippen MR) is 317 cm³/mol. The second kappa shape index (κ2) is 30.0. The SMILES string of the molecule is CO[C@@H]1/C=C/C=C(\C)Cc2cc(C)c(Cl)c(c2)N(C)C(=O)C[C@H](OC(=O)[C@H](C)N(C)C(=O)c2ccc(CC(=O)[C@H](CCCNC(N)=O)NC(=O)[C@@H](CC(=O)CCCCC(=O)ON3C(=O)CCC3=O)C(C)C)cc2)[C@]2(C)O[C@H]2[C@H](C)[C@@H]2C[C@@]1(O)CC(=O)O2. The first-order valence-electron chi connectivity index (χ1n) is 29.5. The Balaban J connectivity index is 1.13. The molecule has 24 heteroatoms. The maximum Gasteiger partial charge on any atom is 0.333 e. The van der Waals surface area contributed by atoms with Gasteiger partial charge in [-0.05, 0) is 101 Å². The van der Waals surface area contributed by atoms with Crippen molar-refractivity contribution in [2.24, 2.45) is 23.5 Å². The first kappa shape index (κ1) is 68.8. The molecule has 4 aliphatic heterocycles. The van der Waals surface area contributed by atoms with Crippen LogP contribution in [-0.4, -0.2) is 156 Å². The fourth-order valence-corrected chi connectivity index (χ4v) is 11.5. The zero-order valence-corrected chi connectivity index (χ0v) is 52.0. The maximum absolute atomic E-state index is 14.5. The van der Waals surface area contributed by atoms with E-state index in [0.29, 0.717) is 27.8 Å². The maximum atomic E-state index is 14.5. The minimum absolute atomic E-state index is 0.00930. The Hall–Kier alpha value is -7.34. The third-order valence-electron chi connectivity index (χ3n) is 16.8. The van der Waals surface area contributed by atoms with Gasteiger partial charge in [0, 0.05) is 90.1 Å². The number of allylic oxidation sites excluding steroid dienone is 3. The first-order valence-corrected chi connectivity index (χ1v) is 29.9. The number of benzene rings is 2. The lowest BCUT2D eigenvalue weighted by molar-refractivity contribution is -0.197. The van der Waals surface area contributed by atoms with E-state index in [1.54, 1.807) is 59.0 Å². The van der Waals surface area contributed by atoms with Gasteiger partial charge >= 0.3 is 23.9 Å². The Morgan fingerprint density at radius 2 is 1.62 bits per heavy atom. The van der Waals surface area contributed by atoms with Crippen LogP contribution in [-0.2, 0) is 79.8 Å². The number of epoxide rings is 1. The average molecular weight is 1230 g/mol. The van der Waals surface area contributed by atoms with Crippen molar-refractivity contribution >= 4 is 82.3 Å². The fraction of sp³-hybridized carbons (Fsp3) is 0.571. The van der Waals surface area contributed by atoms with Gasteiger partial charge in [0.15, 0.2) is 5.78 Å². The summed E-state index contributed by atoms with van der Waals surface area (Å²) in [5.41, 5.74) is 5.87. The second-order valence-electron chi connectivity index (χ2n) is 23.9. The third kappa shape index (κ3) is 17.9. The van der Waals surface area contributed by atoms with Gasteiger partial charge in [0.05, 0.1) is 35.7 Å². The molecule has 7 amide bonds. The van der Waals surface area contributed by atoms with Crippen LogP contribution in [0.25, 0.3) is 0 Å². The fourth-order valence-electron chi connectivity index (χ4n) is 11.2. The Morgan fingerprint density at radius 1 is 0.954 bits per heavy atom. The number of aliphatic hydroxyl groups is 1. The number of rotatable bonds is 23. The summed E-state index contributed by atoms with van der Waals surface area (Å²) < 4.78 is 24.2. The largest absolute Gasteiger partial charge is 0.462 e. The number of unbranched alkanes of at least 4 members (excludes halogenated alkanes) is 1. The number of hydrogen-bond acceptors (Lipinski definition) is 17. The Morgan fingerprint density at radius 3 is 2.26 bits per heavy atom. The number of esters is 2. The number of ether oxygens (including phenoxy) is 4. The van der Waals surface area contributed by atoms with Crippen LogP contribution in [0, 0.1) is 24.7 Å². The quantitative estimate of drug-likeness (QED) is 0.0441. The summed E-state index contributed by atoms with van der Waals surface area (Å²) in [5.74, 6) is -7.46. The minimum Gasteiger partial charge on any atom is -0.462 e. The van der Waals surface area contributed by atoms with Crippen molar-refractivity contribution in [1.82, 2.24) is 20.6 Å². The predicted octanol–water partition coefficient (Wildman–Crippen LogP) is 5.82. The second-order valence-corrected chi connectivity index (χ2v) is 24.3. The van der Waals surface area contributed by atoms with Crippen molar-refractivity contribution in [1.29, 1.82) is 0 Å². The topological polar surface area (TPSA) is 317 Å². The molecule has 0 unspecified atom stereocenters. The van der Waals surface area contributed by atoms with Gasteiger partial charge in [0.25, 0.3) is 17.7 Å².